The Labute approximate surface area is 140 Å². The molecule has 0 atom stereocenters. The van der Waals surface area contributed by atoms with Crippen LogP contribution in [-0.2, 0) is 0 Å². The van der Waals surface area contributed by atoms with Crippen LogP contribution in [0.1, 0.15) is 0 Å². The zero-order valence-corrected chi connectivity index (χ0v) is 13.3. The predicted molar refractivity (Wildman–Crippen MR) is 96.9 cm³/mol. The van der Waals surface area contributed by atoms with Crippen LogP contribution in [0.5, 0.6) is 5.75 Å². The highest BCUT2D eigenvalue weighted by Crippen LogP contribution is 2.31. The van der Waals surface area contributed by atoms with E-state index in [0.717, 1.165) is 34.2 Å². The van der Waals surface area contributed by atoms with E-state index < -0.39 is 0 Å². The molecule has 0 radical (unpaired) electrons. The number of hydrogen-bond acceptors (Lipinski definition) is 3. The number of anilines is 2. The van der Waals surface area contributed by atoms with E-state index in [9.17, 15) is 0 Å². The van der Waals surface area contributed by atoms with E-state index in [2.05, 4.69) is 9.72 Å². The van der Waals surface area contributed by atoms with Crippen molar-refractivity contribution in [1.29, 1.82) is 0 Å². The maximum atomic E-state index is 5.25. The van der Waals surface area contributed by atoms with E-state index in [1.54, 1.807) is 7.11 Å². The van der Waals surface area contributed by atoms with Crippen LogP contribution in [0.2, 0.25) is 0 Å². The summed E-state index contributed by atoms with van der Waals surface area (Å²) >= 11 is 0. The molecule has 0 aliphatic rings. The van der Waals surface area contributed by atoms with E-state index in [1.807, 2.05) is 79.0 Å². The molecule has 0 unspecified atom stereocenters. The summed E-state index contributed by atoms with van der Waals surface area (Å²) in [7, 11) is 1.67. The quantitative estimate of drug-likeness (QED) is 0.590. The predicted octanol–water partition coefficient (Wildman–Crippen LogP) is 4.75. The number of aromatic nitrogens is 2. The highest BCUT2D eigenvalue weighted by atomic mass is 16.5. The maximum Gasteiger partial charge on any atom is 0.143 e. The van der Waals surface area contributed by atoms with E-state index >= 15 is 0 Å². The molecule has 0 aliphatic carbocycles. The van der Waals surface area contributed by atoms with Crippen molar-refractivity contribution < 1.29 is 4.74 Å². The normalized spacial score (nSPS) is 10.7. The van der Waals surface area contributed by atoms with Gasteiger partial charge in [-0.2, -0.15) is 0 Å². The first kappa shape index (κ1) is 14.3. The van der Waals surface area contributed by atoms with Gasteiger partial charge in [0.2, 0.25) is 0 Å². The highest BCUT2D eigenvalue weighted by Gasteiger charge is 2.14. The van der Waals surface area contributed by atoms with Gasteiger partial charge in [-0.15, -0.1) is 0 Å². The van der Waals surface area contributed by atoms with Gasteiger partial charge < -0.3 is 10.1 Å². The zero-order chi connectivity index (χ0) is 16.4. The molecule has 4 heteroatoms. The molecule has 4 aromatic rings. The van der Waals surface area contributed by atoms with Gasteiger partial charge in [0.25, 0.3) is 0 Å². The average molecular weight is 315 g/mol. The molecule has 0 spiro atoms. The first-order chi connectivity index (χ1) is 11.8. The molecule has 24 heavy (non-hydrogen) atoms. The van der Waals surface area contributed by atoms with Crippen molar-refractivity contribution in [2.75, 3.05) is 12.4 Å². The van der Waals surface area contributed by atoms with Crippen molar-refractivity contribution in [3.8, 4) is 17.0 Å². The average Bonchev–Trinajstić information content (AvgIpc) is 3.01. The number of fused-ring (bicyclic) bond motifs is 1. The fourth-order valence-corrected chi connectivity index (χ4v) is 2.72. The number of hydrogen-bond donors (Lipinski definition) is 1. The lowest BCUT2D eigenvalue weighted by Crippen LogP contribution is -1.96. The second kappa shape index (κ2) is 6.08. The van der Waals surface area contributed by atoms with Crippen molar-refractivity contribution in [3.63, 3.8) is 0 Å². The van der Waals surface area contributed by atoms with Crippen molar-refractivity contribution in [3.05, 3.63) is 79.0 Å². The molecule has 2 heterocycles. The maximum absolute atomic E-state index is 5.25. The summed E-state index contributed by atoms with van der Waals surface area (Å²) in [5.74, 6) is 1.78. The lowest BCUT2D eigenvalue weighted by molar-refractivity contribution is 0.415. The third-order valence-electron chi connectivity index (χ3n) is 3.93. The monoisotopic (exact) mass is 315 g/mol. The van der Waals surface area contributed by atoms with Crippen LogP contribution in [0.25, 0.3) is 16.9 Å². The smallest absolute Gasteiger partial charge is 0.143 e. The van der Waals surface area contributed by atoms with Gasteiger partial charge in [0.15, 0.2) is 0 Å². The van der Waals surface area contributed by atoms with Gasteiger partial charge in [0.05, 0.1) is 7.11 Å². The fourth-order valence-electron chi connectivity index (χ4n) is 2.72. The molecular weight excluding hydrogens is 298 g/mol. The summed E-state index contributed by atoms with van der Waals surface area (Å²) in [5, 5.41) is 3.49. The van der Waals surface area contributed by atoms with Crippen LogP contribution in [0.15, 0.2) is 79.0 Å². The molecule has 2 aromatic carbocycles. The Hall–Kier alpha value is -3.27. The van der Waals surface area contributed by atoms with Gasteiger partial charge in [-0.05, 0) is 48.5 Å². The Morgan fingerprint density at radius 2 is 1.62 bits per heavy atom. The van der Waals surface area contributed by atoms with Gasteiger partial charge in [-0.1, -0.05) is 24.3 Å². The Balaban J connectivity index is 1.85. The number of imidazole rings is 1. The van der Waals surface area contributed by atoms with Crippen LogP contribution in [-0.4, -0.2) is 16.5 Å². The first-order valence-electron chi connectivity index (χ1n) is 7.79. The number of pyridine rings is 1. The van der Waals surface area contributed by atoms with Gasteiger partial charge in [0, 0.05) is 17.4 Å². The highest BCUT2D eigenvalue weighted by molar-refractivity contribution is 5.79. The lowest BCUT2D eigenvalue weighted by Gasteiger charge is -2.09. The summed E-state index contributed by atoms with van der Waals surface area (Å²) < 4.78 is 7.31. The largest absolute Gasteiger partial charge is 0.497 e. The molecule has 4 nitrogen and oxygen atoms in total. The van der Waals surface area contributed by atoms with Crippen LogP contribution in [0.3, 0.4) is 0 Å². The number of nitrogens with one attached hydrogen (secondary N) is 1. The summed E-state index contributed by atoms with van der Waals surface area (Å²) in [6.45, 7) is 0. The fraction of sp³-hybridized carbons (Fsp3) is 0.0500. The van der Waals surface area contributed by atoms with Crippen LogP contribution >= 0.6 is 0 Å². The Morgan fingerprint density at radius 3 is 2.38 bits per heavy atom. The van der Waals surface area contributed by atoms with Gasteiger partial charge >= 0.3 is 0 Å². The van der Waals surface area contributed by atoms with Gasteiger partial charge in [-0.25, -0.2) is 4.98 Å². The second-order valence-corrected chi connectivity index (χ2v) is 5.46. The minimum atomic E-state index is 0.833. The Morgan fingerprint density at radius 1 is 0.875 bits per heavy atom. The van der Waals surface area contributed by atoms with E-state index in [0.29, 0.717) is 0 Å². The van der Waals surface area contributed by atoms with E-state index in [4.69, 9.17) is 9.72 Å². The number of benzene rings is 2. The Kier molecular flexibility index (Phi) is 3.63. The SMILES string of the molecule is COc1ccc(-c2nc3ccccn3c2Nc2ccccc2)cc1. The molecule has 1 N–H and O–H groups in total. The zero-order valence-electron chi connectivity index (χ0n) is 13.3. The topological polar surface area (TPSA) is 38.6 Å². The minimum Gasteiger partial charge on any atom is -0.497 e. The number of ether oxygens (including phenoxy) is 1. The second-order valence-electron chi connectivity index (χ2n) is 5.46. The molecule has 0 saturated heterocycles. The standard InChI is InChI=1S/C20H17N3O/c1-24-17-12-10-15(11-13-17)19-20(21-16-7-3-2-4-8-16)23-14-6-5-9-18(23)22-19/h2-14,21H,1H3. The molecule has 0 fully saturated rings. The Bertz CT molecular complexity index is 959. The molecule has 0 aliphatic heterocycles. The van der Waals surface area contributed by atoms with E-state index in [1.165, 1.54) is 0 Å². The molecule has 0 bridgehead atoms. The molecular formula is C20H17N3O. The lowest BCUT2D eigenvalue weighted by atomic mass is 10.1. The van der Waals surface area contributed by atoms with Crippen molar-refractivity contribution >= 4 is 17.2 Å². The number of methoxy groups -OCH3 is 1. The summed E-state index contributed by atoms with van der Waals surface area (Å²) in [6.07, 6.45) is 2.01. The third-order valence-corrected chi connectivity index (χ3v) is 3.93. The molecule has 2 aromatic heterocycles. The number of para-hydroxylation sites is 1. The molecule has 0 saturated carbocycles. The molecule has 118 valence electrons. The summed E-state index contributed by atoms with van der Waals surface area (Å²) in [5.41, 5.74) is 3.88. The van der Waals surface area contributed by atoms with Gasteiger partial charge in [0.1, 0.15) is 22.9 Å². The first-order valence-corrected chi connectivity index (χ1v) is 7.79. The third kappa shape index (κ3) is 2.58. The number of rotatable bonds is 4. The molecule has 4 rings (SSSR count). The van der Waals surface area contributed by atoms with E-state index in [-0.39, 0.29) is 0 Å². The van der Waals surface area contributed by atoms with Crippen LogP contribution in [0.4, 0.5) is 11.5 Å². The summed E-state index contributed by atoms with van der Waals surface area (Å²) in [4.78, 5) is 4.79. The van der Waals surface area contributed by atoms with Crippen molar-refractivity contribution in [2.45, 2.75) is 0 Å². The van der Waals surface area contributed by atoms with Gasteiger partial charge in [-0.3, -0.25) is 4.40 Å². The van der Waals surface area contributed by atoms with Crippen molar-refractivity contribution in [1.82, 2.24) is 9.38 Å². The summed E-state index contributed by atoms with van der Waals surface area (Å²) in [6, 6.07) is 24.1. The molecule has 0 amide bonds. The number of nitrogens with zero attached hydrogens (tertiary/aromatic N) is 2. The minimum absolute atomic E-state index is 0.833. The van der Waals surface area contributed by atoms with Crippen molar-refractivity contribution in [2.24, 2.45) is 0 Å². The van der Waals surface area contributed by atoms with Crippen LogP contribution in [0, 0.1) is 0 Å². The van der Waals surface area contributed by atoms with Crippen LogP contribution < -0.4 is 10.1 Å².